The molecule has 0 fully saturated rings. The third-order valence-corrected chi connectivity index (χ3v) is 3.65. The highest BCUT2D eigenvalue weighted by Crippen LogP contribution is 2.24. The average Bonchev–Trinajstić information content (AvgIpc) is 2.87. The van der Waals surface area contributed by atoms with Crippen molar-refractivity contribution in [2.45, 2.75) is 32.1 Å². The number of nitrogens with zero attached hydrogens (tertiary/aromatic N) is 3. The Morgan fingerprint density at radius 2 is 2.47 bits per heavy atom. The summed E-state index contributed by atoms with van der Waals surface area (Å²) in [7, 11) is 0. The van der Waals surface area contributed by atoms with Gasteiger partial charge in [0.1, 0.15) is 0 Å². The predicted octanol–water partition coefficient (Wildman–Crippen LogP) is 2.20. The summed E-state index contributed by atoms with van der Waals surface area (Å²) in [5, 5.41) is 9.17. The number of nitrogens with one attached hydrogen (secondary N) is 1. The fourth-order valence-electron chi connectivity index (χ4n) is 1.42. The van der Waals surface area contributed by atoms with Crippen LogP contribution in [-0.4, -0.2) is 26.7 Å². The van der Waals surface area contributed by atoms with E-state index >= 15 is 0 Å². The molecule has 4 nitrogen and oxygen atoms in total. The lowest BCUT2D eigenvalue weighted by molar-refractivity contribution is 0.660. The van der Waals surface area contributed by atoms with Crippen LogP contribution in [0.3, 0.4) is 0 Å². The molecule has 1 aromatic heterocycles. The van der Waals surface area contributed by atoms with Crippen LogP contribution in [0.2, 0.25) is 0 Å². The fraction of sp³-hybridized carbons (Fsp3) is 0.600. The van der Waals surface area contributed by atoms with Crippen molar-refractivity contribution in [3.63, 3.8) is 0 Å². The van der Waals surface area contributed by atoms with Gasteiger partial charge in [-0.15, -0.1) is 0 Å². The largest absolute Gasteiger partial charge is 0.332 e. The van der Waals surface area contributed by atoms with Crippen LogP contribution in [-0.2, 0) is 6.54 Å². The summed E-state index contributed by atoms with van der Waals surface area (Å²) >= 11 is 1.82. The number of rotatable bonds is 3. The molecule has 1 aliphatic rings. The first kappa shape index (κ1) is 10.5. The Labute approximate surface area is 94.2 Å². The number of hydrogen-bond acceptors (Lipinski definition) is 4. The smallest absolute Gasteiger partial charge is 0.161 e. The van der Waals surface area contributed by atoms with Crippen molar-refractivity contribution >= 4 is 22.6 Å². The van der Waals surface area contributed by atoms with E-state index in [0.717, 1.165) is 23.9 Å². The molecule has 15 heavy (non-hydrogen) atoms. The number of thioether (sulfide) groups is 1. The molecule has 0 aromatic carbocycles. The highest BCUT2D eigenvalue weighted by molar-refractivity contribution is 8.15. The van der Waals surface area contributed by atoms with E-state index in [0.29, 0.717) is 5.25 Å². The van der Waals surface area contributed by atoms with E-state index in [9.17, 15) is 0 Å². The summed E-state index contributed by atoms with van der Waals surface area (Å²) in [6.45, 7) is 6.11. The zero-order chi connectivity index (χ0) is 10.7. The van der Waals surface area contributed by atoms with E-state index in [4.69, 9.17) is 0 Å². The third kappa shape index (κ3) is 2.53. The fourth-order valence-corrected chi connectivity index (χ4v) is 2.38. The normalized spacial score (nSPS) is 20.4. The van der Waals surface area contributed by atoms with E-state index in [1.807, 2.05) is 28.8 Å². The molecule has 0 saturated heterocycles. The maximum absolute atomic E-state index is 4.45. The number of aryl methyl sites for hydroxylation is 1. The van der Waals surface area contributed by atoms with Crippen LogP contribution in [0, 0.1) is 0 Å². The second-order valence-electron chi connectivity index (χ2n) is 3.50. The summed E-state index contributed by atoms with van der Waals surface area (Å²) in [6, 6.07) is 0. The summed E-state index contributed by atoms with van der Waals surface area (Å²) in [6.07, 6.45) is 5.02. The van der Waals surface area contributed by atoms with Crippen LogP contribution in [0.1, 0.15) is 20.3 Å². The number of hydrogen-bond donors (Lipinski definition) is 1. The standard InChI is InChI=1S/C10H16N4S/c1-3-9-6-11-10(15-9)13-8-5-12-14(4-2)7-8/h5,7,9H,3-4,6H2,1-2H3,(H,11,13). The molecular weight excluding hydrogens is 208 g/mol. The number of anilines is 1. The van der Waals surface area contributed by atoms with Gasteiger partial charge < -0.3 is 5.32 Å². The Morgan fingerprint density at radius 3 is 3.07 bits per heavy atom. The molecule has 2 heterocycles. The van der Waals surface area contributed by atoms with Crippen molar-refractivity contribution in [2.75, 3.05) is 11.9 Å². The number of amidine groups is 1. The maximum atomic E-state index is 4.45. The van der Waals surface area contributed by atoms with Gasteiger partial charge in [0.05, 0.1) is 18.4 Å². The molecule has 0 spiro atoms. The van der Waals surface area contributed by atoms with Crippen molar-refractivity contribution < 1.29 is 0 Å². The van der Waals surface area contributed by atoms with Gasteiger partial charge in [-0.1, -0.05) is 18.7 Å². The molecule has 1 atom stereocenters. The van der Waals surface area contributed by atoms with Crippen molar-refractivity contribution in [3.05, 3.63) is 12.4 Å². The lowest BCUT2D eigenvalue weighted by atomic mass is 10.3. The van der Waals surface area contributed by atoms with Crippen molar-refractivity contribution in [2.24, 2.45) is 4.99 Å². The minimum absolute atomic E-state index is 0.647. The van der Waals surface area contributed by atoms with E-state index in [1.165, 1.54) is 6.42 Å². The Balaban J connectivity index is 1.92. The van der Waals surface area contributed by atoms with Gasteiger partial charge in [-0.2, -0.15) is 5.10 Å². The Hall–Kier alpha value is -0.970. The molecule has 82 valence electrons. The molecule has 1 aromatic rings. The second kappa shape index (κ2) is 4.70. The highest BCUT2D eigenvalue weighted by atomic mass is 32.2. The Morgan fingerprint density at radius 1 is 1.60 bits per heavy atom. The molecule has 5 heteroatoms. The SMILES string of the molecule is CCC1CN=C(Nc2cnn(CC)c2)S1. The molecule has 0 radical (unpaired) electrons. The topological polar surface area (TPSA) is 42.2 Å². The van der Waals surface area contributed by atoms with Gasteiger partial charge in [-0.25, -0.2) is 0 Å². The molecule has 1 unspecified atom stereocenters. The second-order valence-corrected chi connectivity index (χ2v) is 4.79. The van der Waals surface area contributed by atoms with Gasteiger partial charge in [0.2, 0.25) is 0 Å². The Bertz CT molecular complexity index is 358. The van der Waals surface area contributed by atoms with Gasteiger partial charge in [-0.3, -0.25) is 9.67 Å². The molecular formula is C10H16N4S. The van der Waals surface area contributed by atoms with Crippen LogP contribution in [0.25, 0.3) is 0 Å². The summed E-state index contributed by atoms with van der Waals surface area (Å²) in [5.41, 5.74) is 1.03. The molecule has 1 aliphatic heterocycles. The zero-order valence-corrected chi connectivity index (χ0v) is 9.92. The van der Waals surface area contributed by atoms with Crippen LogP contribution in [0.4, 0.5) is 5.69 Å². The van der Waals surface area contributed by atoms with Crippen molar-refractivity contribution in [3.8, 4) is 0 Å². The van der Waals surface area contributed by atoms with Crippen molar-refractivity contribution in [1.29, 1.82) is 0 Å². The summed E-state index contributed by atoms with van der Waals surface area (Å²) in [4.78, 5) is 4.45. The third-order valence-electron chi connectivity index (χ3n) is 2.38. The molecule has 0 saturated carbocycles. The van der Waals surface area contributed by atoms with Crippen molar-refractivity contribution in [1.82, 2.24) is 9.78 Å². The minimum Gasteiger partial charge on any atom is -0.332 e. The van der Waals surface area contributed by atoms with Gasteiger partial charge in [0.25, 0.3) is 0 Å². The first-order valence-electron chi connectivity index (χ1n) is 5.32. The minimum atomic E-state index is 0.647. The van der Waals surface area contributed by atoms with Crippen LogP contribution in [0.5, 0.6) is 0 Å². The van der Waals surface area contributed by atoms with E-state index in [2.05, 4.69) is 29.3 Å². The lowest BCUT2D eigenvalue weighted by Crippen LogP contribution is -2.06. The number of aliphatic imine (C=N–C) groups is 1. The van der Waals surface area contributed by atoms with Gasteiger partial charge >= 0.3 is 0 Å². The highest BCUT2D eigenvalue weighted by Gasteiger charge is 2.17. The lowest BCUT2D eigenvalue weighted by Gasteiger charge is -2.04. The molecule has 2 rings (SSSR count). The van der Waals surface area contributed by atoms with Crippen LogP contribution in [0.15, 0.2) is 17.4 Å². The van der Waals surface area contributed by atoms with E-state index < -0.39 is 0 Å². The first-order valence-corrected chi connectivity index (χ1v) is 6.20. The molecule has 0 aliphatic carbocycles. The number of aromatic nitrogens is 2. The zero-order valence-electron chi connectivity index (χ0n) is 9.10. The van der Waals surface area contributed by atoms with Gasteiger partial charge in [0, 0.05) is 18.0 Å². The average molecular weight is 224 g/mol. The summed E-state index contributed by atoms with van der Waals surface area (Å²) < 4.78 is 1.90. The van der Waals surface area contributed by atoms with Gasteiger partial charge in [0.15, 0.2) is 5.17 Å². The molecule has 0 bridgehead atoms. The maximum Gasteiger partial charge on any atom is 0.161 e. The molecule has 0 amide bonds. The quantitative estimate of drug-likeness (QED) is 0.856. The van der Waals surface area contributed by atoms with Crippen LogP contribution < -0.4 is 5.32 Å². The van der Waals surface area contributed by atoms with Gasteiger partial charge in [-0.05, 0) is 13.3 Å². The summed E-state index contributed by atoms with van der Waals surface area (Å²) in [5.74, 6) is 0. The predicted molar refractivity (Wildman–Crippen MR) is 65.5 cm³/mol. The first-order chi connectivity index (χ1) is 7.31. The van der Waals surface area contributed by atoms with Crippen LogP contribution >= 0.6 is 11.8 Å². The Kier molecular flexibility index (Phi) is 3.30. The molecule has 1 N–H and O–H groups in total. The van der Waals surface area contributed by atoms with E-state index in [-0.39, 0.29) is 0 Å². The monoisotopic (exact) mass is 224 g/mol. The van der Waals surface area contributed by atoms with E-state index in [1.54, 1.807) is 0 Å².